The van der Waals surface area contributed by atoms with Gasteiger partial charge in [-0.2, -0.15) is 11.8 Å². The molecule has 110 valence electrons. The van der Waals surface area contributed by atoms with Crippen LogP contribution in [0.2, 0.25) is 0 Å². The molecular weight excluding hydrogens is 268 g/mol. The molecule has 0 aliphatic heterocycles. The van der Waals surface area contributed by atoms with Gasteiger partial charge in [-0.25, -0.2) is 4.79 Å². The molecule has 1 unspecified atom stereocenters. The van der Waals surface area contributed by atoms with Gasteiger partial charge in [0.1, 0.15) is 0 Å². The Morgan fingerprint density at radius 2 is 1.84 bits per heavy atom. The van der Waals surface area contributed by atoms with Crippen molar-refractivity contribution < 1.29 is 19.5 Å². The van der Waals surface area contributed by atoms with Crippen LogP contribution in [-0.2, 0) is 9.59 Å². The first-order valence-electron chi connectivity index (χ1n) is 5.97. The highest BCUT2D eigenvalue weighted by Gasteiger charge is 2.26. The lowest BCUT2D eigenvalue weighted by atomic mass is 9.85. The van der Waals surface area contributed by atoms with Crippen LogP contribution in [0.25, 0.3) is 0 Å². The number of rotatable bonds is 7. The molecule has 0 aromatic heterocycles. The number of nitrogens with one attached hydrogen (secondary N) is 2. The van der Waals surface area contributed by atoms with Gasteiger partial charge in [-0.05, 0) is 18.6 Å². The molecule has 3 N–H and O–H groups in total. The minimum Gasteiger partial charge on any atom is -0.481 e. The summed E-state index contributed by atoms with van der Waals surface area (Å²) in [5.41, 5.74) is -0.679. The number of carbonyl (C=O) groups excluding carboxylic acids is 2. The highest BCUT2D eigenvalue weighted by atomic mass is 32.2. The van der Waals surface area contributed by atoms with E-state index in [-0.39, 0.29) is 18.9 Å². The number of hydrogen-bond donors (Lipinski definition) is 3. The lowest BCUT2D eigenvalue weighted by Gasteiger charge is -2.21. The fraction of sp³-hybridized carbons (Fsp3) is 0.750. The molecule has 0 rings (SSSR count). The van der Waals surface area contributed by atoms with Crippen molar-refractivity contribution in [1.82, 2.24) is 10.6 Å². The highest BCUT2D eigenvalue weighted by Crippen LogP contribution is 2.24. The lowest BCUT2D eigenvalue weighted by molar-refractivity contribution is -0.139. The van der Waals surface area contributed by atoms with Gasteiger partial charge in [0.25, 0.3) is 0 Å². The summed E-state index contributed by atoms with van der Waals surface area (Å²) in [5.74, 6) is -0.678. The zero-order chi connectivity index (χ0) is 15.1. The van der Waals surface area contributed by atoms with Crippen molar-refractivity contribution in [2.45, 2.75) is 39.7 Å². The van der Waals surface area contributed by atoms with Crippen molar-refractivity contribution in [1.29, 1.82) is 0 Å². The molecule has 0 aliphatic rings. The Balaban J connectivity index is 4.16. The van der Waals surface area contributed by atoms with Gasteiger partial charge >= 0.3 is 12.0 Å². The quantitative estimate of drug-likeness (QED) is 0.659. The molecule has 0 aromatic carbocycles. The molecule has 0 saturated carbocycles. The molecule has 19 heavy (non-hydrogen) atoms. The van der Waals surface area contributed by atoms with Crippen LogP contribution in [-0.4, -0.2) is 41.1 Å². The summed E-state index contributed by atoms with van der Waals surface area (Å²) in [5, 5.41) is 13.5. The SMILES string of the molecule is CSCC(C)NC(=O)NC(=O)CC(C)(C)CC(=O)O. The molecule has 0 saturated heterocycles. The van der Waals surface area contributed by atoms with Crippen LogP contribution in [0, 0.1) is 5.41 Å². The number of thioether (sulfide) groups is 1. The third kappa shape index (κ3) is 9.35. The number of hydrogen-bond acceptors (Lipinski definition) is 4. The first-order chi connectivity index (χ1) is 8.66. The number of amides is 3. The first kappa shape index (κ1) is 17.8. The molecular formula is C12H22N2O4S. The molecule has 0 spiro atoms. The molecule has 1 atom stereocenters. The van der Waals surface area contributed by atoms with Crippen LogP contribution in [0.5, 0.6) is 0 Å². The maximum Gasteiger partial charge on any atom is 0.321 e. The Bertz CT molecular complexity index is 345. The van der Waals surface area contributed by atoms with E-state index >= 15 is 0 Å². The average molecular weight is 290 g/mol. The van der Waals surface area contributed by atoms with Crippen LogP contribution in [0.1, 0.15) is 33.6 Å². The maximum atomic E-state index is 11.6. The number of urea groups is 1. The normalized spacial score (nSPS) is 12.6. The fourth-order valence-corrected chi connectivity index (χ4v) is 2.21. The summed E-state index contributed by atoms with van der Waals surface area (Å²) in [6.07, 6.45) is 1.80. The van der Waals surface area contributed by atoms with Crippen LogP contribution in [0.15, 0.2) is 0 Å². The van der Waals surface area contributed by atoms with E-state index < -0.39 is 23.3 Å². The second-order valence-corrected chi connectivity index (χ2v) is 6.20. The van der Waals surface area contributed by atoms with E-state index in [1.54, 1.807) is 25.6 Å². The molecule has 0 bridgehead atoms. The van der Waals surface area contributed by atoms with Gasteiger partial charge in [0.15, 0.2) is 0 Å². The minimum atomic E-state index is -0.962. The van der Waals surface area contributed by atoms with E-state index in [1.165, 1.54) is 0 Å². The Hall–Kier alpha value is -1.24. The third-order valence-corrected chi connectivity index (χ3v) is 3.15. The van der Waals surface area contributed by atoms with Gasteiger partial charge in [0, 0.05) is 18.2 Å². The predicted molar refractivity (Wildman–Crippen MR) is 75.2 cm³/mol. The molecule has 7 heteroatoms. The van der Waals surface area contributed by atoms with Crippen molar-refractivity contribution in [3.05, 3.63) is 0 Å². The standard InChI is InChI=1S/C12H22N2O4S/c1-8(7-19-4)13-11(18)14-9(15)5-12(2,3)6-10(16)17/h8H,5-7H2,1-4H3,(H,16,17)(H2,13,14,15,18). The lowest BCUT2D eigenvalue weighted by Crippen LogP contribution is -2.45. The number of carboxylic acids is 1. The number of carboxylic acid groups (broad SMARTS) is 1. The van der Waals surface area contributed by atoms with Crippen LogP contribution in [0.4, 0.5) is 4.79 Å². The zero-order valence-electron chi connectivity index (χ0n) is 11.8. The van der Waals surface area contributed by atoms with Gasteiger partial charge in [-0.15, -0.1) is 0 Å². The summed E-state index contributed by atoms with van der Waals surface area (Å²) in [6, 6.07) is -0.576. The summed E-state index contributed by atoms with van der Waals surface area (Å²) in [4.78, 5) is 33.7. The molecule has 0 fully saturated rings. The van der Waals surface area contributed by atoms with Crippen molar-refractivity contribution in [2.75, 3.05) is 12.0 Å². The van der Waals surface area contributed by atoms with Crippen molar-refractivity contribution >= 4 is 29.7 Å². The maximum absolute atomic E-state index is 11.6. The molecule has 0 aromatic rings. The van der Waals surface area contributed by atoms with Crippen molar-refractivity contribution in [2.24, 2.45) is 5.41 Å². The van der Waals surface area contributed by atoms with E-state index in [2.05, 4.69) is 10.6 Å². The van der Waals surface area contributed by atoms with E-state index in [1.807, 2.05) is 13.2 Å². The predicted octanol–water partition coefficient (Wildman–Crippen LogP) is 1.45. The summed E-state index contributed by atoms with van der Waals surface area (Å²) in [6.45, 7) is 5.19. The molecule has 6 nitrogen and oxygen atoms in total. The second-order valence-electron chi connectivity index (χ2n) is 5.29. The van der Waals surface area contributed by atoms with E-state index in [4.69, 9.17) is 5.11 Å². The third-order valence-electron chi connectivity index (χ3n) is 2.32. The van der Waals surface area contributed by atoms with Crippen molar-refractivity contribution in [3.63, 3.8) is 0 Å². The average Bonchev–Trinajstić information content (AvgIpc) is 2.12. The van der Waals surface area contributed by atoms with E-state index in [0.29, 0.717) is 0 Å². The molecule has 3 amide bonds. The smallest absolute Gasteiger partial charge is 0.321 e. The second kappa shape index (κ2) is 8.04. The fourth-order valence-electron chi connectivity index (χ4n) is 1.63. The monoisotopic (exact) mass is 290 g/mol. The Kier molecular flexibility index (Phi) is 7.51. The first-order valence-corrected chi connectivity index (χ1v) is 7.37. The van der Waals surface area contributed by atoms with Gasteiger partial charge in [-0.3, -0.25) is 14.9 Å². The topological polar surface area (TPSA) is 95.5 Å². The Morgan fingerprint density at radius 3 is 2.32 bits per heavy atom. The molecule has 0 radical (unpaired) electrons. The summed E-state index contributed by atoms with van der Waals surface area (Å²) >= 11 is 1.59. The van der Waals surface area contributed by atoms with Gasteiger partial charge in [0.05, 0.1) is 6.42 Å². The number of imide groups is 1. The largest absolute Gasteiger partial charge is 0.481 e. The van der Waals surface area contributed by atoms with Gasteiger partial charge < -0.3 is 10.4 Å². The zero-order valence-corrected chi connectivity index (χ0v) is 12.6. The Morgan fingerprint density at radius 1 is 1.26 bits per heavy atom. The minimum absolute atomic E-state index is 0.0103. The summed E-state index contributed by atoms with van der Waals surface area (Å²) in [7, 11) is 0. The number of aliphatic carboxylic acids is 1. The van der Waals surface area contributed by atoms with E-state index in [9.17, 15) is 14.4 Å². The van der Waals surface area contributed by atoms with Gasteiger partial charge in [0.2, 0.25) is 5.91 Å². The van der Waals surface area contributed by atoms with Crippen LogP contribution < -0.4 is 10.6 Å². The van der Waals surface area contributed by atoms with Crippen molar-refractivity contribution in [3.8, 4) is 0 Å². The van der Waals surface area contributed by atoms with Crippen LogP contribution >= 0.6 is 11.8 Å². The van der Waals surface area contributed by atoms with Gasteiger partial charge in [-0.1, -0.05) is 13.8 Å². The highest BCUT2D eigenvalue weighted by molar-refractivity contribution is 7.98. The van der Waals surface area contributed by atoms with Crippen LogP contribution in [0.3, 0.4) is 0 Å². The molecule has 0 heterocycles. The summed E-state index contributed by atoms with van der Waals surface area (Å²) < 4.78 is 0. The Labute approximate surface area is 117 Å². The number of carbonyl (C=O) groups is 3. The van der Waals surface area contributed by atoms with E-state index in [0.717, 1.165) is 5.75 Å². The molecule has 0 aliphatic carbocycles.